The van der Waals surface area contributed by atoms with Crippen LogP contribution in [0.2, 0.25) is 0 Å². The van der Waals surface area contributed by atoms with Crippen molar-refractivity contribution in [2.24, 2.45) is 5.41 Å². The van der Waals surface area contributed by atoms with Gasteiger partial charge in [0, 0.05) is 11.6 Å². The van der Waals surface area contributed by atoms with Crippen LogP contribution >= 0.6 is 0 Å². The van der Waals surface area contributed by atoms with Crippen LogP contribution < -0.4 is 5.32 Å². The minimum Gasteiger partial charge on any atom is -0.349 e. The predicted octanol–water partition coefficient (Wildman–Crippen LogP) is 2.63. The van der Waals surface area contributed by atoms with Gasteiger partial charge in [-0.3, -0.25) is 4.79 Å². The lowest BCUT2D eigenvalue weighted by atomic mass is 10.1. The molecule has 1 saturated carbocycles. The molecule has 0 saturated heterocycles. The highest BCUT2D eigenvalue weighted by Crippen LogP contribution is 2.44. The van der Waals surface area contributed by atoms with Crippen LogP contribution in [0.15, 0.2) is 12.1 Å². The summed E-state index contributed by atoms with van der Waals surface area (Å²) >= 11 is 0. The standard InChI is InChI=1S/C12H12F3NO/c1-12(2)5-9(12)16-11(17)6-3-7(13)10(15)8(14)4-6/h3-4,9H,5H2,1-2H3,(H,16,17). The zero-order chi connectivity index (χ0) is 12.8. The van der Waals surface area contributed by atoms with E-state index < -0.39 is 23.4 Å². The molecule has 0 heterocycles. The van der Waals surface area contributed by atoms with E-state index in [0.717, 1.165) is 6.42 Å². The lowest BCUT2D eigenvalue weighted by Crippen LogP contribution is -2.28. The van der Waals surface area contributed by atoms with Gasteiger partial charge in [0.15, 0.2) is 17.5 Å². The van der Waals surface area contributed by atoms with Gasteiger partial charge in [0.1, 0.15) is 0 Å². The van der Waals surface area contributed by atoms with Crippen LogP contribution in [-0.2, 0) is 0 Å². The Morgan fingerprint density at radius 2 is 1.76 bits per heavy atom. The number of carbonyl (C=O) groups is 1. The zero-order valence-corrected chi connectivity index (χ0v) is 9.48. The smallest absolute Gasteiger partial charge is 0.251 e. The van der Waals surface area contributed by atoms with Crippen LogP contribution in [0.5, 0.6) is 0 Å². The number of halogens is 3. The molecule has 1 aromatic carbocycles. The van der Waals surface area contributed by atoms with E-state index in [-0.39, 0.29) is 17.0 Å². The van der Waals surface area contributed by atoms with Crippen molar-refractivity contribution >= 4 is 5.91 Å². The quantitative estimate of drug-likeness (QED) is 0.795. The largest absolute Gasteiger partial charge is 0.349 e. The molecule has 1 aromatic rings. The monoisotopic (exact) mass is 243 g/mol. The molecule has 2 rings (SSSR count). The Labute approximate surface area is 96.8 Å². The molecule has 17 heavy (non-hydrogen) atoms. The van der Waals surface area contributed by atoms with Gasteiger partial charge in [-0.15, -0.1) is 0 Å². The highest BCUT2D eigenvalue weighted by molar-refractivity contribution is 5.94. The van der Waals surface area contributed by atoms with Gasteiger partial charge in [-0.2, -0.15) is 0 Å². The molecule has 5 heteroatoms. The van der Waals surface area contributed by atoms with E-state index >= 15 is 0 Å². The first-order valence-corrected chi connectivity index (χ1v) is 5.26. The summed E-state index contributed by atoms with van der Waals surface area (Å²) in [5.41, 5.74) is -0.184. The molecule has 0 aliphatic heterocycles. The van der Waals surface area contributed by atoms with E-state index in [1.165, 1.54) is 0 Å². The molecule has 1 aliphatic rings. The number of benzene rings is 1. The number of hydrogen-bond acceptors (Lipinski definition) is 1. The van der Waals surface area contributed by atoms with Crippen molar-refractivity contribution in [3.05, 3.63) is 35.1 Å². The van der Waals surface area contributed by atoms with Crippen LogP contribution in [-0.4, -0.2) is 11.9 Å². The molecule has 92 valence electrons. The number of hydrogen-bond donors (Lipinski definition) is 1. The normalized spacial score (nSPS) is 21.1. The topological polar surface area (TPSA) is 29.1 Å². The van der Waals surface area contributed by atoms with E-state index in [1.807, 2.05) is 13.8 Å². The van der Waals surface area contributed by atoms with Crippen LogP contribution in [0.25, 0.3) is 0 Å². The van der Waals surface area contributed by atoms with Gasteiger partial charge < -0.3 is 5.32 Å². The first kappa shape index (κ1) is 12.0. The second-order valence-corrected chi connectivity index (χ2v) is 4.97. The molecule has 1 atom stereocenters. The third-order valence-electron chi connectivity index (χ3n) is 3.06. The summed E-state index contributed by atoms with van der Waals surface area (Å²) in [6, 6.07) is 1.40. The molecular formula is C12H12F3NO. The van der Waals surface area contributed by atoms with Gasteiger partial charge in [0.25, 0.3) is 5.91 Å². The predicted molar refractivity (Wildman–Crippen MR) is 56.0 cm³/mol. The first-order chi connectivity index (χ1) is 7.81. The fraction of sp³-hybridized carbons (Fsp3) is 0.417. The Hall–Kier alpha value is -1.52. The van der Waals surface area contributed by atoms with E-state index in [0.29, 0.717) is 12.1 Å². The third kappa shape index (κ3) is 2.28. The summed E-state index contributed by atoms with van der Waals surface area (Å²) < 4.78 is 38.5. The minimum absolute atomic E-state index is 0.00572. The van der Waals surface area contributed by atoms with Crippen molar-refractivity contribution in [1.82, 2.24) is 5.32 Å². The molecule has 0 radical (unpaired) electrons. The van der Waals surface area contributed by atoms with Gasteiger partial charge in [0.2, 0.25) is 0 Å². The average Bonchev–Trinajstić information content (AvgIpc) is 2.81. The maximum absolute atomic E-state index is 12.9. The summed E-state index contributed by atoms with van der Waals surface area (Å²) in [6.45, 7) is 3.95. The van der Waals surface area contributed by atoms with Crippen LogP contribution in [0.3, 0.4) is 0 Å². The Kier molecular flexibility index (Phi) is 2.64. The van der Waals surface area contributed by atoms with Crippen molar-refractivity contribution < 1.29 is 18.0 Å². The van der Waals surface area contributed by atoms with Crippen molar-refractivity contribution in [3.8, 4) is 0 Å². The van der Waals surface area contributed by atoms with Gasteiger partial charge in [-0.25, -0.2) is 13.2 Å². The Morgan fingerprint density at radius 3 is 2.18 bits per heavy atom. The highest BCUT2D eigenvalue weighted by Gasteiger charge is 2.46. The second kappa shape index (κ2) is 3.75. The van der Waals surface area contributed by atoms with E-state index in [1.54, 1.807) is 0 Å². The Morgan fingerprint density at radius 1 is 1.29 bits per heavy atom. The van der Waals surface area contributed by atoms with Crippen molar-refractivity contribution in [1.29, 1.82) is 0 Å². The first-order valence-electron chi connectivity index (χ1n) is 5.26. The molecule has 1 amide bonds. The van der Waals surface area contributed by atoms with Crippen LogP contribution in [0.1, 0.15) is 30.6 Å². The molecule has 1 unspecified atom stereocenters. The van der Waals surface area contributed by atoms with Crippen LogP contribution in [0, 0.1) is 22.9 Å². The molecule has 2 nitrogen and oxygen atoms in total. The minimum atomic E-state index is -1.56. The lowest BCUT2D eigenvalue weighted by Gasteiger charge is -2.07. The summed E-state index contributed by atoms with van der Waals surface area (Å²) in [5.74, 6) is -4.86. The Bertz CT molecular complexity index is 462. The SMILES string of the molecule is CC1(C)CC1NC(=O)c1cc(F)c(F)c(F)c1. The molecule has 1 fully saturated rings. The van der Waals surface area contributed by atoms with Crippen LogP contribution in [0.4, 0.5) is 13.2 Å². The third-order valence-corrected chi connectivity index (χ3v) is 3.06. The van der Waals surface area contributed by atoms with Crippen molar-refractivity contribution in [2.75, 3.05) is 0 Å². The molecule has 1 aliphatic carbocycles. The second-order valence-electron chi connectivity index (χ2n) is 4.97. The molecule has 0 spiro atoms. The van der Waals surface area contributed by atoms with Gasteiger partial charge in [0.05, 0.1) is 0 Å². The van der Waals surface area contributed by atoms with Gasteiger partial charge in [-0.1, -0.05) is 13.8 Å². The number of amides is 1. The number of carbonyl (C=O) groups excluding carboxylic acids is 1. The van der Waals surface area contributed by atoms with Gasteiger partial charge >= 0.3 is 0 Å². The van der Waals surface area contributed by atoms with Crippen molar-refractivity contribution in [2.45, 2.75) is 26.3 Å². The van der Waals surface area contributed by atoms with E-state index in [2.05, 4.69) is 5.32 Å². The average molecular weight is 243 g/mol. The van der Waals surface area contributed by atoms with E-state index in [9.17, 15) is 18.0 Å². The van der Waals surface area contributed by atoms with Crippen molar-refractivity contribution in [3.63, 3.8) is 0 Å². The maximum atomic E-state index is 12.9. The lowest BCUT2D eigenvalue weighted by molar-refractivity contribution is 0.0945. The molecular weight excluding hydrogens is 231 g/mol. The molecule has 0 aromatic heterocycles. The fourth-order valence-electron chi connectivity index (χ4n) is 1.64. The van der Waals surface area contributed by atoms with Gasteiger partial charge in [-0.05, 0) is 24.0 Å². The summed E-state index contributed by atoms with van der Waals surface area (Å²) in [7, 11) is 0. The maximum Gasteiger partial charge on any atom is 0.251 e. The summed E-state index contributed by atoms with van der Waals surface area (Å²) in [5, 5.41) is 2.64. The Balaban J connectivity index is 2.15. The molecule has 0 bridgehead atoms. The fourth-order valence-corrected chi connectivity index (χ4v) is 1.64. The zero-order valence-electron chi connectivity index (χ0n) is 9.48. The summed E-state index contributed by atoms with van der Waals surface area (Å²) in [4.78, 5) is 11.6. The summed E-state index contributed by atoms with van der Waals surface area (Å²) in [6.07, 6.45) is 0.824. The number of rotatable bonds is 2. The van der Waals surface area contributed by atoms with E-state index in [4.69, 9.17) is 0 Å². The highest BCUT2D eigenvalue weighted by atomic mass is 19.2. The number of nitrogens with one attached hydrogen (secondary N) is 1. The molecule has 1 N–H and O–H groups in total.